The number of aromatic nitrogens is 5. The Bertz CT molecular complexity index is 3760. The predicted octanol–water partition coefficient (Wildman–Crippen LogP) is 15.2. The van der Waals surface area contributed by atoms with Crippen LogP contribution in [0, 0.1) is 44.5 Å². The van der Waals surface area contributed by atoms with E-state index < -0.39 is 33.2 Å². The van der Waals surface area contributed by atoms with Crippen LogP contribution in [0.2, 0.25) is 19.6 Å². The van der Waals surface area contributed by atoms with E-state index in [1.54, 1.807) is 0 Å². The third-order valence-electron chi connectivity index (χ3n) is 13.2. The molecule has 10 aromatic rings. The van der Waals surface area contributed by atoms with Gasteiger partial charge in [-0.15, -0.1) is 36.4 Å². The van der Waals surface area contributed by atoms with Gasteiger partial charge in [-0.25, -0.2) is 4.98 Å². The molecule has 0 aliphatic heterocycles. The van der Waals surface area contributed by atoms with Crippen LogP contribution in [-0.4, -0.2) is 32.6 Å². The van der Waals surface area contributed by atoms with Crippen molar-refractivity contribution in [3.05, 3.63) is 167 Å². The fourth-order valence-electron chi connectivity index (χ4n) is 9.72. The first-order valence-corrected chi connectivity index (χ1v) is 27.0. The molecule has 9 heteroatoms. The van der Waals surface area contributed by atoms with Gasteiger partial charge in [0.25, 0.3) is 0 Å². The molecule has 69 heavy (non-hydrogen) atoms. The molecule has 5 aromatic heterocycles. The summed E-state index contributed by atoms with van der Waals surface area (Å²) in [4.78, 5) is 19.5. The number of halogens is 1. The van der Waals surface area contributed by atoms with Crippen molar-refractivity contribution in [3.63, 3.8) is 0 Å². The van der Waals surface area contributed by atoms with Crippen molar-refractivity contribution in [2.24, 2.45) is 5.92 Å². The Morgan fingerprint density at radius 2 is 1.51 bits per heavy atom. The summed E-state index contributed by atoms with van der Waals surface area (Å²) in [7, 11) is -1.98. The Labute approximate surface area is 428 Å². The van der Waals surface area contributed by atoms with Crippen molar-refractivity contribution < 1.29 is 37.1 Å². The normalized spacial score (nSPS) is 15.0. The van der Waals surface area contributed by atoms with E-state index in [9.17, 15) is 4.39 Å². The van der Waals surface area contributed by atoms with Gasteiger partial charge in [-0.1, -0.05) is 143 Å². The number of rotatable bonds is 7. The standard InChI is InChI=1S/C44H39N4O.C16H19FNSi.Ir/c1-27-17-20-34-37(45-27)22-23-38-40(34)48(39-24-18-30(26-36(39)44(2,3)4)29-13-6-5-7-14-29)42(47-38)35-16-10-15-32-33-21-19-31(25-28-11-8-9-12-28)46-43(33)49-41(32)35;1-11-7-6-8-13(16(11)17)14-9-12(2)15(10-18-14)19(3,4)5;/h5-7,10,13-15,17-24,26,28H,8-9,11-12,25H2,1-4H3;6-7,9-10H,1-5H3;/q2*-1;/i;1D3,2D3;. The average Bonchev–Trinajstić information content (AvgIpc) is 4.11. The van der Waals surface area contributed by atoms with Crippen LogP contribution in [0.5, 0.6) is 0 Å². The summed E-state index contributed by atoms with van der Waals surface area (Å²) in [6.07, 6.45) is 7.72. The SMILES string of the molecule is Cc1ccc2c(ccc3nc(-c4[c-]ccc5c4oc4nc(CC6CCCC6)ccc45)n(-c4ccc(-c5ccccc5)cc4C(C)(C)C)c32)n1.[2H]C([2H])([2H])c1cc(-c2[c-]ccc(C([2H])([2H])[2H])c2F)ncc1[Si](C)(C)C.[Ir]. The summed E-state index contributed by atoms with van der Waals surface area (Å²) in [6.45, 7) is 9.90. The summed E-state index contributed by atoms with van der Waals surface area (Å²) >= 11 is 0. The number of pyridine rings is 3. The zero-order valence-corrected chi connectivity index (χ0v) is 43.4. The zero-order chi connectivity index (χ0) is 52.5. The Morgan fingerprint density at radius 3 is 2.26 bits per heavy atom. The van der Waals surface area contributed by atoms with Crippen molar-refractivity contribution in [2.45, 2.75) is 98.6 Å². The summed E-state index contributed by atoms with van der Waals surface area (Å²) < 4.78 is 69.2. The molecule has 11 rings (SSSR count). The second-order valence-corrected chi connectivity index (χ2v) is 25.3. The average molecular weight is 1110 g/mol. The molecule has 5 heterocycles. The van der Waals surface area contributed by atoms with E-state index in [1.165, 1.54) is 60.7 Å². The monoisotopic (exact) mass is 1110 g/mol. The first-order valence-electron chi connectivity index (χ1n) is 26.5. The molecule has 1 aliphatic rings. The largest absolute Gasteiger partial charge is 0.486 e. The minimum atomic E-state index is -2.61. The van der Waals surface area contributed by atoms with E-state index in [2.05, 4.69) is 133 Å². The molecule has 1 fully saturated rings. The number of benzene rings is 5. The van der Waals surface area contributed by atoms with Crippen LogP contribution in [0.1, 0.15) is 82.8 Å². The summed E-state index contributed by atoms with van der Waals surface area (Å²) in [5.41, 5.74) is 11.4. The van der Waals surface area contributed by atoms with Gasteiger partial charge < -0.3 is 14.0 Å². The molecule has 0 N–H and O–H groups in total. The maximum Gasteiger partial charge on any atom is 0.216 e. The molecule has 0 saturated heterocycles. The molecular weight excluding hydrogens is 1050 g/mol. The first kappa shape index (κ1) is 40.7. The van der Waals surface area contributed by atoms with Gasteiger partial charge in [0.2, 0.25) is 5.71 Å². The van der Waals surface area contributed by atoms with Crippen molar-refractivity contribution in [2.75, 3.05) is 0 Å². The second-order valence-electron chi connectivity index (χ2n) is 20.2. The number of nitrogens with zero attached hydrogens (tertiary/aromatic N) is 5. The Hall–Kier alpha value is -6.12. The predicted molar refractivity (Wildman–Crippen MR) is 281 cm³/mol. The second kappa shape index (κ2) is 19.0. The Balaban J connectivity index is 0.000000225. The zero-order valence-electron chi connectivity index (χ0n) is 46.0. The third kappa shape index (κ3) is 9.37. The summed E-state index contributed by atoms with van der Waals surface area (Å²) in [5.74, 6) is 0.556. The van der Waals surface area contributed by atoms with E-state index in [-0.39, 0.29) is 42.3 Å². The van der Waals surface area contributed by atoms with Gasteiger partial charge in [-0.3, -0.25) is 14.4 Å². The first-order chi connectivity index (χ1) is 35.0. The van der Waals surface area contributed by atoms with E-state index in [1.807, 2.05) is 32.6 Å². The number of aryl methyl sites for hydroxylation is 3. The van der Waals surface area contributed by atoms with Crippen LogP contribution in [-0.2, 0) is 31.9 Å². The number of hydrogen-bond donors (Lipinski definition) is 0. The van der Waals surface area contributed by atoms with Gasteiger partial charge >= 0.3 is 0 Å². The molecular formula is C60H58FIrN5OSi-2. The number of imidazole rings is 1. The topological polar surface area (TPSA) is 69.6 Å². The molecule has 1 saturated carbocycles. The Morgan fingerprint density at radius 1 is 0.768 bits per heavy atom. The molecule has 0 atom stereocenters. The Kier molecular flexibility index (Phi) is 11.2. The van der Waals surface area contributed by atoms with E-state index in [4.69, 9.17) is 27.6 Å². The van der Waals surface area contributed by atoms with Crippen molar-refractivity contribution >= 4 is 57.3 Å². The molecule has 0 bridgehead atoms. The van der Waals surface area contributed by atoms with Crippen LogP contribution in [0.4, 0.5) is 4.39 Å². The van der Waals surface area contributed by atoms with Gasteiger partial charge in [0.15, 0.2) is 0 Å². The smallest absolute Gasteiger partial charge is 0.216 e. The van der Waals surface area contributed by atoms with Crippen molar-refractivity contribution in [1.82, 2.24) is 24.5 Å². The van der Waals surface area contributed by atoms with Gasteiger partial charge in [-0.2, -0.15) is 0 Å². The molecule has 6 nitrogen and oxygen atoms in total. The molecule has 0 spiro atoms. The molecule has 1 aliphatic carbocycles. The molecule has 0 unspecified atom stereocenters. The quantitative estimate of drug-likeness (QED) is 0.117. The van der Waals surface area contributed by atoms with Gasteiger partial charge in [0.1, 0.15) is 0 Å². The maximum absolute atomic E-state index is 14.7. The van der Waals surface area contributed by atoms with Crippen LogP contribution in [0.25, 0.3) is 83.5 Å². The van der Waals surface area contributed by atoms with Crippen LogP contribution >= 0.6 is 0 Å². The van der Waals surface area contributed by atoms with E-state index in [0.717, 1.165) is 85.2 Å². The van der Waals surface area contributed by atoms with Gasteiger partial charge in [0.05, 0.1) is 36.0 Å². The number of furan rings is 1. The fraction of sp³-hybridized carbons (Fsp3) is 0.267. The molecule has 5 aromatic carbocycles. The molecule has 1 radical (unpaired) electrons. The fourth-order valence-corrected chi connectivity index (χ4v) is 11.1. The van der Waals surface area contributed by atoms with Gasteiger partial charge in [0, 0.05) is 68.2 Å². The molecule has 351 valence electrons. The van der Waals surface area contributed by atoms with Gasteiger partial charge in [-0.05, 0) is 108 Å². The van der Waals surface area contributed by atoms with Crippen LogP contribution in [0.15, 0.2) is 126 Å². The summed E-state index contributed by atoms with van der Waals surface area (Å²) in [6, 6.07) is 44.3. The maximum atomic E-state index is 14.7. The minimum Gasteiger partial charge on any atom is -0.486 e. The van der Waals surface area contributed by atoms with Crippen LogP contribution in [0.3, 0.4) is 0 Å². The van der Waals surface area contributed by atoms with Crippen LogP contribution < -0.4 is 5.19 Å². The van der Waals surface area contributed by atoms with E-state index in [0.29, 0.717) is 10.9 Å². The third-order valence-corrected chi connectivity index (χ3v) is 15.2. The molecule has 0 amide bonds. The van der Waals surface area contributed by atoms with Crippen molar-refractivity contribution in [3.8, 4) is 39.5 Å². The number of hydrogen-bond acceptors (Lipinski definition) is 5. The van der Waals surface area contributed by atoms with Crippen molar-refractivity contribution in [1.29, 1.82) is 0 Å². The van der Waals surface area contributed by atoms with E-state index >= 15 is 0 Å². The summed E-state index contributed by atoms with van der Waals surface area (Å²) in [5, 5.41) is 3.78. The number of fused-ring (bicyclic) bond motifs is 6. The minimum absolute atomic E-state index is 0.